The molecule has 3 N–H and O–H groups in total. The van der Waals surface area contributed by atoms with Crippen molar-refractivity contribution in [3.8, 4) is 0 Å². The van der Waals surface area contributed by atoms with Crippen LogP contribution in [0.15, 0.2) is 54.6 Å². The summed E-state index contributed by atoms with van der Waals surface area (Å²) in [6.07, 6.45) is -4.50. The highest BCUT2D eigenvalue weighted by molar-refractivity contribution is 5.92. The van der Waals surface area contributed by atoms with Crippen LogP contribution >= 0.6 is 0 Å². The Bertz CT molecular complexity index is 699. The summed E-state index contributed by atoms with van der Waals surface area (Å²) >= 11 is 0. The van der Waals surface area contributed by atoms with E-state index in [-0.39, 0.29) is 24.2 Å². The maximum atomic E-state index is 13.0. The number of rotatable bonds is 6. The highest BCUT2D eigenvalue weighted by atomic mass is 19.4. The zero-order valence-electron chi connectivity index (χ0n) is 14.2. The average Bonchev–Trinajstić information content (AvgIpc) is 2.55. The molecule has 2 aromatic rings. The summed E-state index contributed by atoms with van der Waals surface area (Å²) in [5.41, 5.74) is 0.0296. The lowest BCUT2D eigenvalue weighted by Gasteiger charge is -2.20. The minimum Gasteiger partial charge on any atom is -0.332 e. The molecule has 25 heavy (non-hydrogen) atoms. The van der Waals surface area contributed by atoms with Crippen LogP contribution in [0.4, 0.5) is 18.9 Å². The van der Waals surface area contributed by atoms with Gasteiger partial charge < -0.3 is 10.6 Å². The first-order valence-electron chi connectivity index (χ1n) is 8.13. The van der Waals surface area contributed by atoms with Gasteiger partial charge in [0.2, 0.25) is 0 Å². The predicted octanol–water partition coefficient (Wildman–Crippen LogP) is 3.60. The summed E-state index contributed by atoms with van der Waals surface area (Å²) in [6.45, 7) is 4.14. The smallest absolute Gasteiger partial charge is 0.332 e. The number of nitrogens with two attached hydrogens (primary N) is 1. The van der Waals surface area contributed by atoms with Crippen LogP contribution in [0.1, 0.15) is 31.0 Å². The fourth-order valence-electron chi connectivity index (χ4n) is 2.74. The number of amides is 1. The molecule has 2 rings (SSSR count). The standard InChI is InChI=1S/C19H21F3N2O/c1-13(2)18(14-8-4-3-5-9-14)23-12-17(25)24-16-11-7-6-10-15(16)19(20,21)22/h3-11,13,18,23H,12H2,1-2H3,(H,24,25)/p+1/t18-/m0/s1. The molecule has 3 nitrogen and oxygen atoms in total. The first kappa shape index (κ1) is 19.0. The number of hydrogen-bond donors (Lipinski definition) is 2. The van der Waals surface area contributed by atoms with Crippen LogP contribution in [0, 0.1) is 5.92 Å². The van der Waals surface area contributed by atoms with E-state index >= 15 is 0 Å². The molecule has 0 aliphatic carbocycles. The van der Waals surface area contributed by atoms with E-state index in [4.69, 9.17) is 0 Å². The Kier molecular flexibility index (Phi) is 6.20. The molecule has 134 valence electrons. The third kappa shape index (κ3) is 5.32. The number of hydrogen-bond acceptors (Lipinski definition) is 1. The Morgan fingerprint density at radius 2 is 1.64 bits per heavy atom. The van der Waals surface area contributed by atoms with Gasteiger partial charge in [0, 0.05) is 11.5 Å². The molecule has 1 atom stereocenters. The number of carbonyl (C=O) groups excluding carboxylic acids is 1. The first-order valence-corrected chi connectivity index (χ1v) is 8.13. The first-order chi connectivity index (χ1) is 11.8. The molecule has 0 unspecified atom stereocenters. The molecule has 0 heterocycles. The fourth-order valence-corrected chi connectivity index (χ4v) is 2.74. The third-order valence-electron chi connectivity index (χ3n) is 3.97. The van der Waals surface area contributed by atoms with Gasteiger partial charge in [0.15, 0.2) is 6.54 Å². The lowest BCUT2D eigenvalue weighted by molar-refractivity contribution is -0.692. The molecule has 0 saturated carbocycles. The van der Waals surface area contributed by atoms with Crippen molar-refractivity contribution in [2.75, 3.05) is 11.9 Å². The van der Waals surface area contributed by atoms with Crippen molar-refractivity contribution in [1.82, 2.24) is 0 Å². The number of quaternary nitrogens is 1. The van der Waals surface area contributed by atoms with E-state index in [1.807, 2.05) is 49.5 Å². The van der Waals surface area contributed by atoms with Crippen LogP contribution in [0.25, 0.3) is 0 Å². The largest absolute Gasteiger partial charge is 0.418 e. The maximum Gasteiger partial charge on any atom is 0.418 e. The number of alkyl halides is 3. The normalized spacial score (nSPS) is 12.9. The van der Waals surface area contributed by atoms with Gasteiger partial charge in [-0.15, -0.1) is 0 Å². The monoisotopic (exact) mass is 351 g/mol. The zero-order valence-corrected chi connectivity index (χ0v) is 14.2. The van der Waals surface area contributed by atoms with Crippen molar-refractivity contribution >= 4 is 11.6 Å². The molecule has 0 radical (unpaired) electrons. The highest BCUT2D eigenvalue weighted by Gasteiger charge is 2.33. The van der Waals surface area contributed by atoms with E-state index < -0.39 is 17.6 Å². The van der Waals surface area contributed by atoms with Gasteiger partial charge >= 0.3 is 6.18 Å². The number of halogens is 3. The Labute approximate surface area is 145 Å². The molecular formula is C19H22F3N2O+. The molecule has 0 aliphatic heterocycles. The number of para-hydroxylation sites is 1. The van der Waals surface area contributed by atoms with Gasteiger partial charge in [0.05, 0.1) is 11.3 Å². The molecule has 0 aliphatic rings. The number of anilines is 1. The quantitative estimate of drug-likeness (QED) is 0.821. The molecule has 0 fully saturated rings. The summed E-state index contributed by atoms with van der Waals surface area (Å²) in [7, 11) is 0. The van der Waals surface area contributed by atoms with E-state index in [0.717, 1.165) is 11.6 Å². The van der Waals surface area contributed by atoms with Crippen molar-refractivity contribution in [2.24, 2.45) is 5.92 Å². The lowest BCUT2D eigenvalue weighted by atomic mass is 9.96. The highest BCUT2D eigenvalue weighted by Crippen LogP contribution is 2.34. The molecule has 0 aromatic heterocycles. The minimum atomic E-state index is -4.50. The van der Waals surface area contributed by atoms with Crippen molar-refractivity contribution in [3.05, 3.63) is 65.7 Å². The zero-order chi connectivity index (χ0) is 18.4. The van der Waals surface area contributed by atoms with Crippen LogP contribution in [0.5, 0.6) is 0 Å². The molecule has 0 spiro atoms. The second kappa shape index (κ2) is 8.16. The van der Waals surface area contributed by atoms with Gasteiger partial charge in [-0.25, -0.2) is 0 Å². The Hall–Kier alpha value is -2.34. The Morgan fingerprint density at radius 1 is 1.04 bits per heavy atom. The van der Waals surface area contributed by atoms with Crippen LogP contribution < -0.4 is 10.6 Å². The van der Waals surface area contributed by atoms with Crippen LogP contribution in [0.3, 0.4) is 0 Å². The minimum absolute atomic E-state index is 0.0456. The van der Waals surface area contributed by atoms with Crippen LogP contribution in [-0.4, -0.2) is 12.5 Å². The van der Waals surface area contributed by atoms with Crippen LogP contribution in [0.2, 0.25) is 0 Å². The second-order valence-corrected chi connectivity index (χ2v) is 6.21. The van der Waals surface area contributed by atoms with Gasteiger partial charge in [-0.3, -0.25) is 4.79 Å². The Balaban J connectivity index is 2.03. The molecule has 6 heteroatoms. The van der Waals surface area contributed by atoms with Crippen molar-refractivity contribution < 1.29 is 23.3 Å². The van der Waals surface area contributed by atoms with Crippen molar-refractivity contribution in [3.63, 3.8) is 0 Å². The molecule has 2 aromatic carbocycles. The van der Waals surface area contributed by atoms with Gasteiger partial charge in [-0.1, -0.05) is 56.3 Å². The van der Waals surface area contributed by atoms with E-state index in [9.17, 15) is 18.0 Å². The van der Waals surface area contributed by atoms with E-state index in [1.54, 1.807) is 0 Å². The summed E-state index contributed by atoms with van der Waals surface area (Å²) in [5.74, 6) is -0.184. The number of benzene rings is 2. The predicted molar refractivity (Wildman–Crippen MR) is 90.9 cm³/mol. The number of nitrogens with one attached hydrogen (secondary N) is 1. The fraction of sp³-hybridized carbons (Fsp3) is 0.316. The summed E-state index contributed by atoms with van der Waals surface area (Å²) in [5, 5.41) is 4.23. The van der Waals surface area contributed by atoms with Gasteiger partial charge in [-0.2, -0.15) is 13.2 Å². The van der Waals surface area contributed by atoms with E-state index in [0.29, 0.717) is 0 Å². The van der Waals surface area contributed by atoms with Gasteiger partial charge in [-0.05, 0) is 12.1 Å². The van der Waals surface area contributed by atoms with Gasteiger partial charge in [0.25, 0.3) is 5.91 Å². The molecule has 0 saturated heterocycles. The van der Waals surface area contributed by atoms with Gasteiger partial charge in [0.1, 0.15) is 6.04 Å². The summed E-state index contributed by atoms with van der Waals surface area (Å²) in [6, 6.07) is 14.8. The van der Waals surface area contributed by atoms with E-state index in [2.05, 4.69) is 5.32 Å². The topological polar surface area (TPSA) is 45.7 Å². The number of carbonyl (C=O) groups is 1. The molecule has 0 bridgehead atoms. The summed E-state index contributed by atoms with van der Waals surface area (Å²) in [4.78, 5) is 12.1. The van der Waals surface area contributed by atoms with E-state index in [1.165, 1.54) is 18.2 Å². The maximum absolute atomic E-state index is 13.0. The van der Waals surface area contributed by atoms with Crippen molar-refractivity contribution in [1.29, 1.82) is 0 Å². The molecule has 1 amide bonds. The Morgan fingerprint density at radius 3 is 2.24 bits per heavy atom. The van der Waals surface area contributed by atoms with Crippen molar-refractivity contribution in [2.45, 2.75) is 26.1 Å². The SMILES string of the molecule is CC(C)[C@H]([NH2+]CC(=O)Nc1ccccc1C(F)(F)F)c1ccccc1. The van der Waals surface area contributed by atoms with Crippen LogP contribution in [-0.2, 0) is 11.0 Å². The molecular weight excluding hydrogens is 329 g/mol. The average molecular weight is 351 g/mol. The summed E-state index contributed by atoms with van der Waals surface area (Å²) < 4.78 is 38.9. The lowest BCUT2D eigenvalue weighted by Crippen LogP contribution is -2.88. The third-order valence-corrected chi connectivity index (χ3v) is 3.97. The second-order valence-electron chi connectivity index (χ2n) is 6.21.